The van der Waals surface area contributed by atoms with Gasteiger partial charge in [-0.15, -0.1) is 0 Å². The Morgan fingerprint density at radius 2 is 1.88 bits per heavy atom. The molecule has 24 heavy (non-hydrogen) atoms. The van der Waals surface area contributed by atoms with Crippen molar-refractivity contribution in [2.75, 3.05) is 6.54 Å². The Hall–Kier alpha value is -1.75. The number of hydrogen-bond acceptors (Lipinski definition) is 4. The first-order valence-electron chi connectivity index (χ1n) is 8.73. The molecule has 1 amide bonds. The molecule has 1 aromatic rings. The van der Waals surface area contributed by atoms with E-state index in [1.807, 2.05) is 32.9 Å². The molecule has 2 unspecified atom stereocenters. The van der Waals surface area contributed by atoms with Crippen molar-refractivity contribution in [1.82, 2.24) is 10.6 Å². The van der Waals surface area contributed by atoms with Gasteiger partial charge in [-0.3, -0.25) is 0 Å². The summed E-state index contributed by atoms with van der Waals surface area (Å²) in [6.45, 7) is 10.3. The first kappa shape index (κ1) is 20.3. The third-order valence-corrected chi connectivity index (χ3v) is 3.68. The maximum Gasteiger partial charge on any atom is 0.407 e. The lowest BCUT2D eigenvalue weighted by Gasteiger charge is -2.25. The maximum absolute atomic E-state index is 11.8. The molecule has 0 saturated heterocycles. The predicted molar refractivity (Wildman–Crippen MR) is 97.2 cm³/mol. The highest BCUT2D eigenvalue weighted by atomic mass is 16.6. The van der Waals surface area contributed by atoms with Gasteiger partial charge in [-0.1, -0.05) is 31.9 Å². The highest BCUT2D eigenvalue weighted by molar-refractivity contribution is 5.67. The van der Waals surface area contributed by atoms with Crippen molar-refractivity contribution in [2.45, 2.75) is 71.6 Å². The van der Waals surface area contributed by atoms with E-state index >= 15 is 0 Å². The van der Waals surface area contributed by atoms with E-state index in [9.17, 15) is 9.90 Å². The molecular weight excluding hydrogens is 304 g/mol. The SMILES string of the molecule is CCCCC(CNC(=O)OC(C)(C)C)NC(C)c1ccc(O)cc1. The molecule has 2 atom stereocenters. The molecule has 3 N–H and O–H groups in total. The Morgan fingerprint density at radius 1 is 1.25 bits per heavy atom. The fourth-order valence-electron chi connectivity index (χ4n) is 2.43. The monoisotopic (exact) mass is 336 g/mol. The maximum atomic E-state index is 11.8. The zero-order valence-electron chi connectivity index (χ0n) is 15.6. The fraction of sp³-hybridized carbons (Fsp3) is 0.632. The van der Waals surface area contributed by atoms with Crippen LogP contribution in [0.15, 0.2) is 24.3 Å². The summed E-state index contributed by atoms with van der Waals surface area (Å²) in [6, 6.07) is 7.49. The summed E-state index contributed by atoms with van der Waals surface area (Å²) in [5.74, 6) is 0.264. The largest absolute Gasteiger partial charge is 0.508 e. The molecule has 1 rings (SSSR count). The second-order valence-electron chi connectivity index (χ2n) is 7.20. The van der Waals surface area contributed by atoms with Crippen molar-refractivity contribution in [3.05, 3.63) is 29.8 Å². The second kappa shape index (κ2) is 9.52. The van der Waals surface area contributed by atoms with Gasteiger partial charge in [0.15, 0.2) is 0 Å². The number of hydrogen-bond donors (Lipinski definition) is 3. The van der Waals surface area contributed by atoms with Crippen LogP contribution in [0.2, 0.25) is 0 Å². The van der Waals surface area contributed by atoms with Gasteiger partial charge in [0.05, 0.1) is 0 Å². The molecule has 0 fully saturated rings. The van der Waals surface area contributed by atoms with Crippen LogP contribution in [0.5, 0.6) is 5.75 Å². The third-order valence-electron chi connectivity index (χ3n) is 3.68. The van der Waals surface area contributed by atoms with Gasteiger partial charge in [0.25, 0.3) is 0 Å². The molecule has 136 valence electrons. The summed E-state index contributed by atoms with van der Waals surface area (Å²) in [6.07, 6.45) is 2.80. The molecule has 5 nitrogen and oxygen atoms in total. The van der Waals surface area contributed by atoms with Crippen LogP contribution >= 0.6 is 0 Å². The normalized spacial score (nSPS) is 14.0. The van der Waals surface area contributed by atoms with Crippen LogP contribution in [0.25, 0.3) is 0 Å². The fourth-order valence-corrected chi connectivity index (χ4v) is 2.43. The van der Waals surface area contributed by atoms with Gasteiger partial charge < -0.3 is 20.5 Å². The number of rotatable bonds is 8. The highest BCUT2D eigenvalue weighted by Gasteiger charge is 2.18. The molecular formula is C19H32N2O3. The molecule has 0 aliphatic carbocycles. The third kappa shape index (κ3) is 8.20. The van der Waals surface area contributed by atoms with Crippen molar-refractivity contribution in [3.63, 3.8) is 0 Å². The molecule has 1 aromatic carbocycles. The predicted octanol–water partition coefficient (Wildman–Crippen LogP) is 4.13. The molecule has 0 heterocycles. The first-order chi connectivity index (χ1) is 11.2. The van der Waals surface area contributed by atoms with Gasteiger partial charge in [0, 0.05) is 18.6 Å². The van der Waals surface area contributed by atoms with E-state index in [1.165, 1.54) is 0 Å². The number of ether oxygens (including phenoxy) is 1. The summed E-state index contributed by atoms with van der Waals surface area (Å²) in [5, 5.41) is 15.8. The lowest BCUT2D eigenvalue weighted by molar-refractivity contribution is 0.0521. The number of aromatic hydroxyl groups is 1. The highest BCUT2D eigenvalue weighted by Crippen LogP contribution is 2.17. The quantitative estimate of drug-likeness (QED) is 0.667. The van der Waals surface area contributed by atoms with Gasteiger partial charge in [-0.25, -0.2) is 4.79 Å². The Balaban J connectivity index is 2.57. The van der Waals surface area contributed by atoms with E-state index in [2.05, 4.69) is 24.5 Å². The molecule has 0 bridgehead atoms. The Morgan fingerprint density at radius 3 is 2.42 bits per heavy atom. The summed E-state index contributed by atoms with van der Waals surface area (Å²) in [7, 11) is 0. The van der Waals surface area contributed by atoms with E-state index in [1.54, 1.807) is 12.1 Å². The zero-order chi connectivity index (χ0) is 18.2. The molecule has 0 radical (unpaired) electrons. The molecule has 0 aromatic heterocycles. The number of alkyl carbamates (subject to hydrolysis) is 1. The molecule has 0 aliphatic heterocycles. The number of phenolic OH excluding ortho intramolecular Hbond substituents is 1. The van der Waals surface area contributed by atoms with E-state index in [-0.39, 0.29) is 23.9 Å². The standard InChI is InChI=1S/C19H32N2O3/c1-6-7-8-16(13-20-18(23)24-19(3,4)5)21-14(2)15-9-11-17(22)12-10-15/h9-12,14,16,21-22H,6-8,13H2,1-5H3,(H,20,23). The smallest absolute Gasteiger partial charge is 0.407 e. The van der Waals surface area contributed by atoms with Crippen molar-refractivity contribution in [2.24, 2.45) is 0 Å². The van der Waals surface area contributed by atoms with Gasteiger partial charge in [-0.2, -0.15) is 0 Å². The number of carbonyl (C=O) groups is 1. The number of unbranched alkanes of at least 4 members (excludes halogenated alkanes) is 1. The van der Waals surface area contributed by atoms with Crippen LogP contribution in [0.3, 0.4) is 0 Å². The minimum Gasteiger partial charge on any atom is -0.508 e. The molecule has 0 spiro atoms. The number of nitrogens with one attached hydrogen (secondary N) is 2. The lowest BCUT2D eigenvalue weighted by atomic mass is 10.0. The van der Waals surface area contributed by atoms with Crippen molar-refractivity contribution in [1.29, 1.82) is 0 Å². The minimum atomic E-state index is -0.490. The lowest BCUT2D eigenvalue weighted by Crippen LogP contribution is -2.43. The van der Waals surface area contributed by atoms with Crippen LogP contribution in [0.1, 0.15) is 65.5 Å². The Kier molecular flexibility index (Phi) is 8.05. The van der Waals surface area contributed by atoms with E-state index in [4.69, 9.17) is 4.74 Å². The van der Waals surface area contributed by atoms with E-state index in [0.29, 0.717) is 6.54 Å². The first-order valence-corrected chi connectivity index (χ1v) is 8.73. The van der Waals surface area contributed by atoms with Gasteiger partial charge in [0.1, 0.15) is 11.4 Å². The molecule has 0 aliphatic rings. The number of carbonyl (C=O) groups excluding carboxylic acids is 1. The van der Waals surface area contributed by atoms with Crippen LogP contribution in [-0.2, 0) is 4.74 Å². The van der Waals surface area contributed by atoms with Crippen molar-refractivity contribution < 1.29 is 14.6 Å². The molecule has 5 heteroatoms. The van der Waals surface area contributed by atoms with Crippen LogP contribution in [0.4, 0.5) is 4.79 Å². The Labute approximate surface area is 145 Å². The topological polar surface area (TPSA) is 70.6 Å². The zero-order valence-corrected chi connectivity index (χ0v) is 15.6. The average molecular weight is 336 g/mol. The van der Waals surface area contributed by atoms with Crippen molar-refractivity contribution in [3.8, 4) is 5.75 Å². The minimum absolute atomic E-state index is 0.132. The summed E-state index contributed by atoms with van der Waals surface area (Å²) >= 11 is 0. The average Bonchev–Trinajstić information content (AvgIpc) is 2.48. The second-order valence-corrected chi connectivity index (χ2v) is 7.20. The molecule has 0 saturated carbocycles. The number of benzene rings is 1. The van der Waals surface area contributed by atoms with Crippen LogP contribution in [-0.4, -0.2) is 29.4 Å². The van der Waals surface area contributed by atoms with Crippen LogP contribution < -0.4 is 10.6 Å². The Bertz CT molecular complexity index is 494. The number of amides is 1. The summed E-state index contributed by atoms with van der Waals surface area (Å²) < 4.78 is 5.29. The van der Waals surface area contributed by atoms with E-state index in [0.717, 1.165) is 24.8 Å². The van der Waals surface area contributed by atoms with Crippen molar-refractivity contribution >= 4 is 6.09 Å². The van der Waals surface area contributed by atoms with E-state index < -0.39 is 5.60 Å². The van der Waals surface area contributed by atoms with Gasteiger partial charge >= 0.3 is 6.09 Å². The van der Waals surface area contributed by atoms with Gasteiger partial charge in [-0.05, 0) is 51.8 Å². The number of phenols is 1. The van der Waals surface area contributed by atoms with Crippen LogP contribution in [0, 0.1) is 0 Å². The summed E-state index contributed by atoms with van der Waals surface area (Å²) in [4.78, 5) is 11.8. The van der Waals surface area contributed by atoms with Gasteiger partial charge in [0.2, 0.25) is 0 Å². The summed E-state index contributed by atoms with van der Waals surface area (Å²) in [5.41, 5.74) is 0.613.